The number of halogens is 1. The van der Waals surface area contributed by atoms with Crippen LogP contribution in [0.25, 0.3) is 5.57 Å². The SMILES string of the molecule is CN/C(C)=C1\C=C(c2ccc(F)cc2)C=C(OCCC#N)C1. The second-order valence-corrected chi connectivity index (χ2v) is 5.05. The smallest absolute Gasteiger partial charge is 0.123 e. The van der Waals surface area contributed by atoms with Crippen LogP contribution in [-0.4, -0.2) is 13.7 Å². The first kappa shape index (κ1) is 15.8. The molecule has 0 saturated heterocycles. The molecule has 0 bridgehead atoms. The van der Waals surface area contributed by atoms with Gasteiger partial charge in [0.05, 0.1) is 12.5 Å². The van der Waals surface area contributed by atoms with Crippen molar-refractivity contribution in [3.63, 3.8) is 0 Å². The summed E-state index contributed by atoms with van der Waals surface area (Å²) in [4.78, 5) is 0. The minimum Gasteiger partial charge on any atom is -0.496 e. The van der Waals surface area contributed by atoms with Crippen molar-refractivity contribution in [1.29, 1.82) is 5.26 Å². The van der Waals surface area contributed by atoms with Crippen molar-refractivity contribution in [1.82, 2.24) is 5.32 Å². The molecule has 4 heteroatoms. The number of rotatable bonds is 5. The molecule has 0 atom stereocenters. The zero-order chi connectivity index (χ0) is 15.9. The van der Waals surface area contributed by atoms with E-state index in [1.165, 1.54) is 12.1 Å². The molecule has 3 nitrogen and oxygen atoms in total. The third kappa shape index (κ3) is 3.98. The maximum atomic E-state index is 13.1. The lowest BCUT2D eigenvalue weighted by atomic mass is 9.94. The van der Waals surface area contributed by atoms with Gasteiger partial charge in [0.15, 0.2) is 0 Å². The number of nitrogens with zero attached hydrogens (tertiary/aromatic N) is 1. The Morgan fingerprint density at radius 1 is 1.32 bits per heavy atom. The van der Waals surface area contributed by atoms with Gasteiger partial charge in [-0.3, -0.25) is 0 Å². The van der Waals surface area contributed by atoms with Crippen LogP contribution < -0.4 is 5.32 Å². The second kappa shape index (κ2) is 7.46. The molecule has 0 spiro atoms. The molecule has 1 N–H and O–H groups in total. The molecule has 1 aliphatic carbocycles. The lowest BCUT2D eigenvalue weighted by molar-refractivity contribution is 0.213. The van der Waals surface area contributed by atoms with Crippen LogP contribution in [0, 0.1) is 17.1 Å². The minimum atomic E-state index is -0.253. The Balaban J connectivity index is 2.32. The fourth-order valence-corrected chi connectivity index (χ4v) is 2.22. The highest BCUT2D eigenvalue weighted by molar-refractivity contribution is 5.78. The lowest BCUT2D eigenvalue weighted by Gasteiger charge is -2.19. The van der Waals surface area contributed by atoms with Gasteiger partial charge in [-0.25, -0.2) is 4.39 Å². The van der Waals surface area contributed by atoms with E-state index >= 15 is 0 Å². The maximum absolute atomic E-state index is 13.1. The standard InChI is InChI=1S/C18H19FN2O/c1-13(21-2)15-10-16(14-4-6-17(19)7-5-14)12-18(11-15)22-9-3-8-20/h4-7,10,12,21H,3,9,11H2,1-2H3/b15-13+. The molecule has 0 amide bonds. The summed E-state index contributed by atoms with van der Waals surface area (Å²) in [5.41, 5.74) is 4.09. The van der Waals surface area contributed by atoms with Gasteiger partial charge in [-0.1, -0.05) is 12.1 Å². The van der Waals surface area contributed by atoms with Gasteiger partial charge in [-0.15, -0.1) is 0 Å². The van der Waals surface area contributed by atoms with Crippen LogP contribution in [0.15, 0.2) is 53.4 Å². The van der Waals surface area contributed by atoms with E-state index in [0.29, 0.717) is 19.4 Å². The third-order valence-electron chi connectivity index (χ3n) is 3.55. The Kier molecular flexibility index (Phi) is 5.37. The zero-order valence-corrected chi connectivity index (χ0v) is 12.8. The number of nitrogens with one attached hydrogen (secondary N) is 1. The molecule has 1 aromatic rings. The summed E-state index contributed by atoms with van der Waals surface area (Å²) >= 11 is 0. The number of hydrogen-bond donors (Lipinski definition) is 1. The predicted octanol–water partition coefficient (Wildman–Crippen LogP) is 3.92. The predicted molar refractivity (Wildman–Crippen MR) is 85.0 cm³/mol. The van der Waals surface area contributed by atoms with Crippen LogP contribution >= 0.6 is 0 Å². The fraction of sp³-hybridized carbons (Fsp3) is 0.278. The van der Waals surface area contributed by atoms with Gasteiger partial charge in [-0.05, 0) is 47.9 Å². The summed E-state index contributed by atoms with van der Waals surface area (Å²) in [5.74, 6) is 0.568. The van der Waals surface area contributed by atoms with Crippen LogP contribution in [0.3, 0.4) is 0 Å². The first-order chi connectivity index (χ1) is 10.6. The summed E-state index contributed by atoms with van der Waals surface area (Å²) in [6.45, 7) is 2.39. The monoisotopic (exact) mass is 298 g/mol. The molecule has 1 aromatic carbocycles. The molecule has 0 heterocycles. The maximum Gasteiger partial charge on any atom is 0.123 e. The van der Waals surface area contributed by atoms with Crippen LogP contribution in [-0.2, 0) is 4.74 Å². The molecule has 1 aliphatic rings. The summed E-state index contributed by atoms with van der Waals surface area (Å²) < 4.78 is 18.8. The second-order valence-electron chi connectivity index (χ2n) is 5.05. The van der Waals surface area contributed by atoms with Gasteiger partial charge >= 0.3 is 0 Å². The van der Waals surface area contributed by atoms with Crippen molar-refractivity contribution in [2.75, 3.05) is 13.7 Å². The van der Waals surface area contributed by atoms with Crippen molar-refractivity contribution >= 4 is 5.57 Å². The zero-order valence-electron chi connectivity index (χ0n) is 12.8. The first-order valence-corrected chi connectivity index (χ1v) is 7.19. The van der Waals surface area contributed by atoms with E-state index in [2.05, 4.69) is 17.5 Å². The molecule has 114 valence electrons. The number of nitriles is 1. The number of hydrogen-bond acceptors (Lipinski definition) is 3. The highest BCUT2D eigenvalue weighted by Crippen LogP contribution is 2.30. The Bertz CT molecular complexity index is 663. The Hall–Kier alpha value is -2.54. The minimum absolute atomic E-state index is 0.253. The summed E-state index contributed by atoms with van der Waals surface area (Å²) in [7, 11) is 1.88. The highest BCUT2D eigenvalue weighted by Gasteiger charge is 2.14. The first-order valence-electron chi connectivity index (χ1n) is 7.19. The van der Waals surface area contributed by atoms with Gasteiger partial charge < -0.3 is 10.1 Å². The molecule has 22 heavy (non-hydrogen) atoms. The Labute approximate surface area is 130 Å². The molecule has 2 rings (SSSR count). The van der Waals surface area contributed by atoms with E-state index in [1.54, 1.807) is 12.1 Å². The topological polar surface area (TPSA) is 45.0 Å². The van der Waals surface area contributed by atoms with Crippen molar-refractivity contribution in [3.8, 4) is 6.07 Å². The van der Waals surface area contributed by atoms with Gasteiger partial charge in [0, 0.05) is 19.2 Å². The van der Waals surface area contributed by atoms with Crippen molar-refractivity contribution in [2.24, 2.45) is 0 Å². The third-order valence-corrected chi connectivity index (χ3v) is 3.55. The molecule has 0 radical (unpaired) electrons. The van der Waals surface area contributed by atoms with Crippen LogP contribution in [0.5, 0.6) is 0 Å². The molecular weight excluding hydrogens is 279 g/mol. The van der Waals surface area contributed by atoms with E-state index < -0.39 is 0 Å². The molecule has 0 aromatic heterocycles. The van der Waals surface area contributed by atoms with E-state index in [-0.39, 0.29) is 5.82 Å². The van der Waals surface area contributed by atoms with E-state index in [1.807, 2.05) is 20.0 Å². The lowest BCUT2D eigenvalue weighted by Crippen LogP contribution is -2.09. The van der Waals surface area contributed by atoms with Gasteiger partial charge in [-0.2, -0.15) is 5.26 Å². The summed E-state index contributed by atoms with van der Waals surface area (Å²) in [6.07, 6.45) is 5.08. The van der Waals surface area contributed by atoms with Crippen LogP contribution in [0.2, 0.25) is 0 Å². The molecule has 0 saturated carbocycles. The van der Waals surface area contributed by atoms with Gasteiger partial charge in [0.2, 0.25) is 0 Å². The van der Waals surface area contributed by atoms with Crippen LogP contribution in [0.4, 0.5) is 4.39 Å². The average molecular weight is 298 g/mol. The number of allylic oxidation sites excluding steroid dienone is 5. The quantitative estimate of drug-likeness (QED) is 0.838. The largest absolute Gasteiger partial charge is 0.496 e. The van der Waals surface area contributed by atoms with Crippen LogP contribution in [0.1, 0.15) is 25.3 Å². The molecule has 0 unspecified atom stereocenters. The summed E-state index contributed by atoms with van der Waals surface area (Å²) in [6, 6.07) is 8.47. The van der Waals surface area contributed by atoms with Crippen molar-refractivity contribution in [2.45, 2.75) is 19.8 Å². The molecular formula is C18H19FN2O. The van der Waals surface area contributed by atoms with E-state index in [9.17, 15) is 4.39 Å². The van der Waals surface area contributed by atoms with Crippen molar-refractivity contribution in [3.05, 3.63) is 64.8 Å². The van der Waals surface area contributed by atoms with E-state index in [4.69, 9.17) is 10.00 Å². The molecule has 0 aliphatic heterocycles. The van der Waals surface area contributed by atoms with Crippen molar-refractivity contribution < 1.29 is 9.13 Å². The van der Waals surface area contributed by atoms with Gasteiger partial charge in [0.25, 0.3) is 0 Å². The fourth-order valence-electron chi connectivity index (χ4n) is 2.22. The Morgan fingerprint density at radius 2 is 2.05 bits per heavy atom. The van der Waals surface area contributed by atoms with Gasteiger partial charge in [0.1, 0.15) is 18.2 Å². The average Bonchev–Trinajstić information content (AvgIpc) is 2.54. The molecule has 0 fully saturated rings. The normalized spacial score (nSPS) is 16.3. The van der Waals surface area contributed by atoms with E-state index in [0.717, 1.165) is 28.2 Å². The Morgan fingerprint density at radius 3 is 2.68 bits per heavy atom. The number of ether oxygens (including phenoxy) is 1. The highest BCUT2D eigenvalue weighted by atomic mass is 19.1. The summed E-state index contributed by atoms with van der Waals surface area (Å²) in [5, 5.41) is 11.8. The number of benzene rings is 1.